The first-order valence-electron chi connectivity index (χ1n) is 4.80. The van der Waals surface area contributed by atoms with Crippen LogP contribution in [0.1, 0.15) is 0 Å². The van der Waals surface area contributed by atoms with Crippen molar-refractivity contribution in [1.82, 2.24) is 5.32 Å². The van der Waals surface area contributed by atoms with E-state index in [1.165, 1.54) is 18.2 Å². The molecule has 8 heteroatoms. The van der Waals surface area contributed by atoms with Gasteiger partial charge in [-0.15, -0.1) is 0 Å². The van der Waals surface area contributed by atoms with E-state index in [-0.39, 0.29) is 5.02 Å². The summed E-state index contributed by atoms with van der Waals surface area (Å²) in [6, 6.07) is 4.39. The molecule has 1 rings (SSSR count). The van der Waals surface area contributed by atoms with Crippen LogP contribution in [0.15, 0.2) is 18.2 Å². The Hall–Kier alpha value is -0.980. The molecule has 0 saturated carbocycles. The van der Waals surface area contributed by atoms with Gasteiger partial charge in [-0.2, -0.15) is 13.2 Å². The molecule has 0 atom stereocenters. The predicted molar refractivity (Wildman–Crippen MR) is 64.0 cm³/mol. The van der Waals surface area contributed by atoms with Crippen LogP contribution in [0.5, 0.6) is 0 Å². The van der Waals surface area contributed by atoms with Crippen LogP contribution in [-0.4, -0.2) is 25.2 Å². The molecule has 18 heavy (non-hydrogen) atoms. The lowest BCUT2D eigenvalue weighted by atomic mass is 10.3. The van der Waals surface area contributed by atoms with Crippen molar-refractivity contribution < 1.29 is 18.0 Å². The Morgan fingerprint density at radius 1 is 1.28 bits per heavy atom. The van der Waals surface area contributed by atoms with E-state index in [1.54, 1.807) is 0 Å². The number of rotatable bonds is 4. The van der Waals surface area contributed by atoms with Gasteiger partial charge in [0.05, 0.1) is 23.8 Å². The van der Waals surface area contributed by atoms with Gasteiger partial charge in [-0.25, -0.2) is 0 Å². The Bertz CT molecular complexity index is 438. The third-order valence-electron chi connectivity index (χ3n) is 1.82. The molecule has 1 amide bonds. The number of anilines is 1. The summed E-state index contributed by atoms with van der Waals surface area (Å²) in [5, 5.41) is 4.95. The summed E-state index contributed by atoms with van der Waals surface area (Å²) in [4.78, 5) is 11.3. The average molecular weight is 301 g/mol. The van der Waals surface area contributed by atoms with Gasteiger partial charge in [-0.3, -0.25) is 4.79 Å². The fourth-order valence-corrected chi connectivity index (χ4v) is 1.56. The molecular formula is C10H9Cl2F3N2O. The van der Waals surface area contributed by atoms with E-state index in [0.29, 0.717) is 10.7 Å². The van der Waals surface area contributed by atoms with Gasteiger partial charge < -0.3 is 10.6 Å². The largest absolute Gasteiger partial charge is 0.401 e. The summed E-state index contributed by atoms with van der Waals surface area (Å²) in [7, 11) is 0. The van der Waals surface area contributed by atoms with Crippen LogP contribution in [0.4, 0.5) is 18.9 Å². The Morgan fingerprint density at radius 2 is 1.94 bits per heavy atom. The quantitative estimate of drug-likeness (QED) is 0.897. The minimum Gasteiger partial charge on any atom is -0.324 e. The first-order valence-corrected chi connectivity index (χ1v) is 5.56. The molecule has 1 aromatic carbocycles. The first-order chi connectivity index (χ1) is 8.28. The molecule has 3 nitrogen and oxygen atoms in total. The number of amides is 1. The van der Waals surface area contributed by atoms with E-state index in [2.05, 4.69) is 5.32 Å². The van der Waals surface area contributed by atoms with Crippen LogP contribution in [0.25, 0.3) is 0 Å². The van der Waals surface area contributed by atoms with Crippen molar-refractivity contribution in [2.45, 2.75) is 6.18 Å². The minimum absolute atomic E-state index is 0.215. The summed E-state index contributed by atoms with van der Waals surface area (Å²) in [6.45, 7) is -1.69. The number of halogens is 5. The number of carbonyl (C=O) groups excluding carboxylic acids is 1. The second kappa shape index (κ2) is 6.26. The van der Waals surface area contributed by atoms with E-state index >= 15 is 0 Å². The lowest BCUT2D eigenvalue weighted by molar-refractivity contribution is -0.126. The fraction of sp³-hybridized carbons (Fsp3) is 0.300. The van der Waals surface area contributed by atoms with Crippen LogP contribution < -0.4 is 10.6 Å². The van der Waals surface area contributed by atoms with Crippen LogP contribution in [0.2, 0.25) is 10.0 Å². The number of carbonyl (C=O) groups is 1. The first kappa shape index (κ1) is 15.1. The van der Waals surface area contributed by atoms with Crippen LogP contribution in [0.3, 0.4) is 0 Å². The Morgan fingerprint density at radius 3 is 2.50 bits per heavy atom. The minimum atomic E-state index is -4.35. The van der Waals surface area contributed by atoms with E-state index < -0.39 is 25.2 Å². The molecule has 0 unspecified atom stereocenters. The van der Waals surface area contributed by atoms with Gasteiger partial charge in [-0.05, 0) is 18.2 Å². The van der Waals surface area contributed by atoms with Crippen molar-refractivity contribution in [2.75, 3.05) is 18.4 Å². The number of hydrogen-bond donors (Lipinski definition) is 2. The standard InChI is InChI=1S/C10H9Cl2F3N2O/c11-6-1-2-8(7(12)3-6)17-9(18)4-16-5-10(13,14)15/h1-3,16H,4-5H2,(H,17,18). The Balaban J connectivity index is 2.45. The monoisotopic (exact) mass is 300 g/mol. The fourth-order valence-electron chi connectivity index (χ4n) is 1.10. The SMILES string of the molecule is O=C(CNCC(F)(F)F)Nc1ccc(Cl)cc1Cl. The molecule has 0 fully saturated rings. The summed E-state index contributed by atoms with van der Waals surface area (Å²) < 4.78 is 35.4. The maximum atomic E-state index is 11.8. The maximum Gasteiger partial charge on any atom is 0.401 e. The molecule has 0 aromatic heterocycles. The van der Waals surface area contributed by atoms with Crippen molar-refractivity contribution in [3.63, 3.8) is 0 Å². The topological polar surface area (TPSA) is 41.1 Å². The van der Waals surface area contributed by atoms with Crippen molar-refractivity contribution in [3.05, 3.63) is 28.2 Å². The van der Waals surface area contributed by atoms with Crippen molar-refractivity contribution in [2.24, 2.45) is 0 Å². The van der Waals surface area contributed by atoms with Gasteiger partial charge in [0.2, 0.25) is 5.91 Å². The van der Waals surface area contributed by atoms with Crippen LogP contribution in [-0.2, 0) is 4.79 Å². The molecular weight excluding hydrogens is 292 g/mol. The smallest absolute Gasteiger partial charge is 0.324 e. The Kier molecular flexibility index (Phi) is 5.25. The molecule has 0 radical (unpaired) electrons. The summed E-state index contributed by atoms with van der Waals surface area (Å²) in [6.07, 6.45) is -4.35. The summed E-state index contributed by atoms with van der Waals surface area (Å²) in [5.74, 6) is -0.622. The zero-order chi connectivity index (χ0) is 13.8. The predicted octanol–water partition coefficient (Wildman–Crippen LogP) is 3.08. The number of nitrogens with one attached hydrogen (secondary N) is 2. The summed E-state index contributed by atoms with van der Waals surface area (Å²) in [5.41, 5.74) is 0.292. The van der Waals surface area contributed by atoms with E-state index in [4.69, 9.17) is 23.2 Å². The molecule has 0 aliphatic carbocycles. The highest BCUT2D eigenvalue weighted by Gasteiger charge is 2.26. The molecule has 0 saturated heterocycles. The maximum absolute atomic E-state index is 11.8. The average Bonchev–Trinajstić information content (AvgIpc) is 2.20. The molecule has 0 aliphatic rings. The van der Waals surface area contributed by atoms with Crippen LogP contribution >= 0.6 is 23.2 Å². The molecule has 0 aliphatic heterocycles. The van der Waals surface area contributed by atoms with Crippen molar-refractivity contribution in [1.29, 1.82) is 0 Å². The zero-order valence-corrected chi connectivity index (χ0v) is 10.5. The van der Waals surface area contributed by atoms with Gasteiger partial charge in [0.1, 0.15) is 0 Å². The molecule has 2 N–H and O–H groups in total. The van der Waals surface area contributed by atoms with E-state index in [0.717, 1.165) is 0 Å². The van der Waals surface area contributed by atoms with Gasteiger partial charge in [0.25, 0.3) is 0 Å². The van der Waals surface area contributed by atoms with E-state index in [9.17, 15) is 18.0 Å². The molecule has 0 bridgehead atoms. The second-order valence-electron chi connectivity index (χ2n) is 3.39. The van der Waals surface area contributed by atoms with Crippen molar-refractivity contribution >= 4 is 34.8 Å². The second-order valence-corrected chi connectivity index (χ2v) is 4.23. The highest BCUT2D eigenvalue weighted by atomic mass is 35.5. The molecule has 1 aromatic rings. The lowest BCUT2D eigenvalue weighted by Crippen LogP contribution is -2.35. The normalized spacial score (nSPS) is 11.4. The number of hydrogen-bond acceptors (Lipinski definition) is 2. The third-order valence-corrected chi connectivity index (χ3v) is 2.36. The third kappa shape index (κ3) is 5.57. The number of benzene rings is 1. The zero-order valence-electron chi connectivity index (χ0n) is 8.94. The van der Waals surface area contributed by atoms with Gasteiger partial charge in [0, 0.05) is 5.02 Å². The Labute approximate surface area is 111 Å². The number of alkyl halides is 3. The van der Waals surface area contributed by atoms with Gasteiger partial charge in [-0.1, -0.05) is 23.2 Å². The van der Waals surface area contributed by atoms with Gasteiger partial charge in [0.15, 0.2) is 0 Å². The van der Waals surface area contributed by atoms with Gasteiger partial charge >= 0.3 is 6.18 Å². The molecule has 0 heterocycles. The van der Waals surface area contributed by atoms with Crippen molar-refractivity contribution in [3.8, 4) is 0 Å². The summed E-state index contributed by atoms with van der Waals surface area (Å²) >= 11 is 11.4. The van der Waals surface area contributed by atoms with E-state index in [1.807, 2.05) is 5.32 Å². The van der Waals surface area contributed by atoms with Crippen LogP contribution in [0, 0.1) is 0 Å². The molecule has 0 spiro atoms. The highest BCUT2D eigenvalue weighted by Crippen LogP contribution is 2.25. The molecule has 100 valence electrons. The highest BCUT2D eigenvalue weighted by molar-refractivity contribution is 6.36. The lowest BCUT2D eigenvalue weighted by Gasteiger charge is -2.09.